The molecule has 1 unspecified atom stereocenters. The molecular formula is C15H25NO3S. The van der Waals surface area contributed by atoms with Crippen molar-refractivity contribution in [2.24, 2.45) is 0 Å². The third kappa shape index (κ3) is 4.80. The van der Waals surface area contributed by atoms with Crippen LogP contribution in [0.5, 0.6) is 0 Å². The van der Waals surface area contributed by atoms with Crippen LogP contribution < -0.4 is 5.32 Å². The third-order valence-corrected chi connectivity index (χ3v) is 5.03. The summed E-state index contributed by atoms with van der Waals surface area (Å²) in [6, 6.07) is 7.23. The second-order valence-electron chi connectivity index (χ2n) is 4.90. The van der Waals surface area contributed by atoms with Crippen LogP contribution in [0.4, 0.5) is 5.69 Å². The molecule has 0 heterocycles. The van der Waals surface area contributed by atoms with Gasteiger partial charge in [0.2, 0.25) is 0 Å². The average Bonchev–Trinajstić information content (AvgIpc) is 2.39. The molecule has 1 aromatic rings. The molecule has 0 aliphatic rings. The summed E-state index contributed by atoms with van der Waals surface area (Å²) in [5.74, 6) is 0.175. The fourth-order valence-electron chi connectivity index (χ4n) is 2.20. The first-order valence-corrected chi connectivity index (χ1v) is 8.77. The molecule has 0 fully saturated rings. The van der Waals surface area contributed by atoms with Crippen molar-refractivity contribution < 1.29 is 13.2 Å². The number of hydrogen-bond donors (Lipinski definition) is 1. The molecule has 20 heavy (non-hydrogen) atoms. The van der Waals surface area contributed by atoms with Gasteiger partial charge in [-0.25, -0.2) is 8.42 Å². The molecular weight excluding hydrogens is 274 g/mol. The largest absolute Gasteiger partial charge is 0.383 e. The lowest BCUT2D eigenvalue weighted by molar-refractivity contribution is 0.182. The number of rotatable bonds is 9. The van der Waals surface area contributed by atoms with Gasteiger partial charge in [-0.05, 0) is 25.0 Å². The van der Waals surface area contributed by atoms with Crippen LogP contribution >= 0.6 is 0 Å². The van der Waals surface area contributed by atoms with Crippen LogP contribution in [-0.4, -0.2) is 33.9 Å². The van der Waals surface area contributed by atoms with Crippen molar-refractivity contribution in [1.82, 2.24) is 0 Å². The minimum atomic E-state index is -3.22. The predicted octanol–water partition coefficient (Wildman–Crippen LogP) is 3.10. The van der Waals surface area contributed by atoms with Crippen molar-refractivity contribution in [2.75, 3.05) is 24.8 Å². The number of methoxy groups -OCH3 is 1. The van der Waals surface area contributed by atoms with E-state index in [1.54, 1.807) is 19.2 Å². The quantitative estimate of drug-likeness (QED) is 0.761. The molecule has 0 saturated heterocycles. The van der Waals surface area contributed by atoms with E-state index < -0.39 is 9.84 Å². The van der Waals surface area contributed by atoms with E-state index in [1.165, 1.54) is 0 Å². The van der Waals surface area contributed by atoms with E-state index in [9.17, 15) is 8.42 Å². The highest BCUT2D eigenvalue weighted by molar-refractivity contribution is 7.91. The Labute approximate surface area is 122 Å². The van der Waals surface area contributed by atoms with E-state index in [1.807, 2.05) is 19.1 Å². The molecule has 5 heteroatoms. The fraction of sp³-hybridized carbons (Fsp3) is 0.600. The molecule has 1 atom stereocenters. The molecule has 114 valence electrons. The molecule has 0 amide bonds. The normalized spacial score (nSPS) is 13.2. The maximum atomic E-state index is 12.3. The highest BCUT2D eigenvalue weighted by Crippen LogP contribution is 2.24. The summed E-state index contributed by atoms with van der Waals surface area (Å²) in [5.41, 5.74) is 0.677. The standard InChI is InChI=1S/C15H25NO3S/c1-4-8-13(12-19-3)16-14-9-6-7-10-15(14)20(17,18)11-5-2/h6-7,9-10,13,16H,4-5,8,11-12H2,1-3H3. The Bertz CT molecular complexity index is 494. The van der Waals surface area contributed by atoms with Gasteiger partial charge in [-0.2, -0.15) is 0 Å². The van der Waals surface area contributed by atoms with Gasteiger partial charge in [0.15, 0.2) is 9.84 Å². The Kier molecular flexibility index (Phi) is 7.02. The van der Waals surface area contributed by atoms with Crippen LogP contribution in [0.25, 0.3) is 0 Å². The number of ether oxygens (including phenoxy) is 1. The van der Waals surface area contributed by atoms with Gasteiger partial charge < -0.3 is 10.1 Å². The van der Waals surface area contributed by atoms with Gasteiger partial charge in [0.25, 0.3) is 0 Å². The lowest BCUT2D eigenvalue weighted by Crippen LogP contribution is -2.25. The van der Waals surface area contributed by atoms with E-state index in [4.69, 9.17) is 4.74 Å². The molecule has 0 bridgehead atoms. The van der Waals surface area contributed by atoms with Gasteiger partial charge >= 0.3 is 0 Å². The Hall–Kier alpha value is -1.07. The van der Waals surface area contributed by atoms with Gasteiger partial charge in [0, 0.05) is 13.2 Å². The van der Waals surface area contributed by atoms with Gasteiger partial charge in [0.1, 0.15) is 0 Å². The Morgan fingerprint density at radius 2 is 1.90 bits per heavy atom. The molecule has 0 spiro atoms. The lowest BCUT2D eigenvalue weighted by atomic mass is 10.1. The molecule has 4 nitrogen and oxygen atoms in total. The van der Waals surface area contributed by atoms with Crippen LogP contribution in [0.1, 0.15) is 33.1 Å². The summed E-state index contributed by atoms with van der Waals surface area (Å²) < 4.78 is 29.7. The summed E-state index contributed by atoms with van der Waals surface area (Å²) in [7, 11) is -1.56. The van der Waals surface area contributed by atoms with Gasteiger partial charge in [-0.15, -0.1) is 0 Å². The number of benzene rings is 1. The molecule has 0 radical (unpaired) electrons. The zero-order valence-electron chi connectivity index (χ0n) is 12.6. The first-order chi connectivity index (χ1) is 9.55. The van der Waals surface area contributed by atoms with E-state index in [-0.39, 0.29) is 11.8 Å². The van der Waals surface area contributed by atoms with Crippen LogP contribution in [0, 0.1) is 0 Å². The van der Waals surface area contributed by atoms with Crippen LogP contribution in [0.2, 0.25) is 0 Å². The summed E-state index contributed by atoms with van der Waals surface area (Å²) in [4.78, 5) is 0.388. The summed E-state index contributed by atoms with van der Waals surface area (Å²) >= 11 is 0. The predicted molar refractivity (Wildman–Crippen MR) is 83.0 cm³/mol. The second-order valence-corrected chi connectivity index (χ2v) is 6.98. The molecule has 1 rings (SSSR count). The van der Waals surface area contributed by atoms with E-state index in [2.05, 4.69) is 12.2 Å². The van der Waals surface area contributed by atoms with Gasteiger partial charge in [0.05, 0.1) is 22.9 Å². The third-order valence-electron chi connectivity index (χ3n) is 3.06. The maximum Gasteiger partial charge on any atom is 0.180 e. The topological polar surface area (TPSA) is 55.4 Å². The van der Waals surface area contributed by atoms with Crippen molar-refractivity contribution in [1.29, 1.82) is 0 Å². The fourth-order valence-corrected chi connectivity index (χ4v) is 3.71. The zero-order valence-corrected chi connectivity index (χ0v) is 13.4. The molecule has 0 saturated carbocycles. The molecule has 0 aliphatic heterocycles. The van der Waals surface area contributed by atoms with Crippen molar-refractivity contribution >= 4 is 15.5 Å². The van der Waals surface area contributed by atoms with Crippen molar-refractivity contribution in [3.63, 3.8) is 0 Å². The van der Waals surface area contributed by atoms with Crippen molar-refractivity contribution in [2.45, 2.75) is 44.0 Å². The van der Waals surface area contributed by atoms with Crippen LogP contribution in [-0.2, 0) is 14.6 Å². The number of hydrogen-bond acceptors (Lipinski definition) is 4. The van der Waals surface area contributed by atoms with Crippen LogP contribution in [0.15, 0.2) is 29.2 Å². The van der Waals surface area contributed by atoms with Gasteiger partial charge in [-0.3, -0.25) is 0 Å². The van der Waals surface area contributed by atoms with Crippen LogP contribution in [0.3, 0.4) is 0 Å². The summed E-state index contributed by atoms with van der Waals surface area (Å²) in [5, 5.41) is 3.31. The van der Waals surface area contributed by atoms with Crippen molar-refractivity contribution in [3.05, 3.63) is 24.3 Å². The lowest BCUT2D eigenvalue weighted by Gasteiger charge is -2.20. The Morgan fingerprint density at radius 3 is 2.50 bits per heavy atom. The van der Waals surface area contributed by atoms with E-state index in [0.29, 0.717) is 23.6 Å². The minimum Gasteiger partial charge on any atom is -0.383 e. The minimum absolute atomic E-state index is 0.128. The number of para-hydroxylation sites is 1. The first kappa shape index (κ1) is 17.0. The molecule has 0 aliphatic carbocycles. The Morgan fingerprint density at radius 1 is 1.20 bits per heavy atom. The summed E-state index contributed by atoms with van der Waals surface area (Å²) in [6.07, 6.45) is 2.58. The highest BCUT2D eigenvalue weighted by Gasteiger charge is 2.19. The van der Waals surface area contributed by atoms with Gasteiger partial charge in [-0.1, -0.05) is 32.4 Å². The number of sulfone groups is 1. The van der Waals surface area contributed by atoms with Crippen molar-refractivity contribution in [3.8, 4) is 0 Å². The SMILES string of the molecule is CCCC(COC)Nc1ccccc1S(=O)(=O)CCC. The molecule has 0 aromatic heterocycles. The average molecular weight is 299 g/mol. The zero-order chi connectivity index (χ0) is 15.0. The Balaban J connectivity index is 3.00. The smallest absolute Gasteiger partial charge is 0.180 e. The molecule has 1 aromatic carbocycles. The monoisotopic (exact) mass is 299 g/mol. The maximum absolute atomic E-state index is 12.3. The van der Waals surface area contributed by atoms with E-state index in [0.717, 1.165) is 12.8 Å². The second kappa shape index (κ2) is 8.27. The summed E-state index contributed by atoms with van der Waals surface area (Å²) in [6.45, 7) is 4.54. The first-order valence-electron chi connectivity index (χ1n) is 7.12. The number of nitrogens with one attached hydrogen (secondary N) is 1. The highest BCUT2D eigenvalue weighted by atomic mass is 32.2. The molecule has 1 N–H and O–H groups in total. The number of anilines is 1. The van der Waals surface area contributed by atoms with E-state index >= 15 is 0 Å².